The second kappa shape index (κ2) is 7.27. The molecule has 2 heterocycles. The van der Waals surface area contributed by atoms with E-state index in [9.17, 15) is 9.59 Å². The first-order valence-electron chi connectivity index (χ1n) is 9.75. The minimum Gasteiger partial charge on any atom is -0.273 e. The molecule has 2 saturated heterocycles. The number of imide groups is 1. The van der Waals surface area contributed by atoms with Gasteiger partial charge in [0.2, 0.25) is 5.91 Å². The average molecular weight is 419 g/mol. The molecule has 0 bridgehead atoms. The third kappa shape index (κ3) is 2.98. The quantitative estimate of drug-likeness (QED) is 0.578. The molecule has 3 aromatic rings. The topological polar surface area (TPSA) is 49.9 Å². The van der Waals surface area contributed by atoms with Gasteiger partial charge in [-0.15, -0.1) is 0 Å². The van der Waals surface area contributed by atoms with Gasteiger partial charge in [0.1, 0.15) is 5.92 Å². The van der Waals surface area contributed by atoms with Crippen LogP contribution in [0.2, 0.25) is 5.02 Å². The van der Waals surface area contributed by atoms with Gasteiger partial charge in [0.25, 0.3) is 5.91 Å². The summed E-state index contributed by atoms with van der Waals surface area (Å²) in [7, 11) is 0. The maximum absolute atomic E-state index is 13.5. The van der Waals surface area contributed by atoms with E-state index >= 15 is 0 Å². The van der Waals surface area contributed by atoms with Gasteiger partial charge in [-0.1, -0.05) is 59.6 Å². The van der Waals surface area contributed by atoms with Gasteiger partial charge in [0.05, 0.1) is 17.4 Å². The third-order valence-corrected chi connectivity index (χ3v) is 5.88. The van der Waals surface area contributed by atoms with Crippen molar-refractivity contribution in [2.75, 3.05) is 9.96 Å². The highest BCUT2D eigenvalue weighted by atomic mass is 35.5. The summed E-state index contributed by atoms with van der Waals surface area (Å²) in [4.78, 5) is 34.1. The normalized spacial score (nSPS) is 23.2. The summed E-state index contributed by atoms with van der Waals surface area (Å²) in [5.41, 5.74) is 3.27. The molecule has 0 radical (unpaired) electrons. The Bertz CT molecular complexity index is 1100. The van der Waals surface area contributed by atoms with Crippen LogP contribution in [0.15, 0.2) is 78.9 Å². The molecule has 0 saturated carbocycles. The van der Waals surface area contributed by atoms with Crippen LogP contribution in [0.25, 0.3) is 0 Å². The standard InChI is InChI=1S/C24H19ClN2O3/c1-15-7-13-18(14-8-15)26-23(28)20-21(16-9-11-17(25)12-10-16)27(30-22(20)24(26)29)19-5-3-2-4-6-19/h2-14,20-22H,1H3. The fourth-order valence-electron chi connectivity index (χ4n) is 4.16. The number of nitrogens with zero attached hydrogens (tertiary/aromatic N) is 2. The molecular formula is C24H19ClN2O3. The maximum atomic E-state index is 13.5. The second-order valence-corrected chi connectivity index (χ2v) is 7.99. The van der Waals surface area contributed by atoms with Crippen molar-refractivity contribution in [3.8, 4) is 0 Å². The van der Waals surface area contributed by atoms with Crippen molar-refractivity contribution in [2.24, 2.45) is 5.92 Å². The Hall–Kier alpha value is -3.15. The molecule has 0 aliphatic carbocycles. The smallest absolute Gasteiger partial charge is 0.266 e. The molecule has 3 atom stereocenters. The molecule has 30 heavy (non-hydrogen) atoms. The van der Waals surface area contributed by atoms with Gasteiger partial charge >= 0.3 is 0 Å². The van der Waals surface area contributed by atoms with E-state index < -0.39 is 18.1 Å². The van der Waals surface area contributed by atoms with Gasteiger partial charge in [0.15, 0.2) is 6.10 Å². The molecule has 3 aromatic carbocycles. The Kier molecular flexibility index (Phi) is 4.57. The van der Waals surface area contributed by atoms with Crippen molar-refractivity contribution in [1.82, 2.24) is 0 Å². The van der Waals surface area contributed by atoms with E-state index in [4.69, 9.17) is 16.4 Å². The van der Waals surface area contributed by atoms with Crippen molar-refractivity contribution in [1.29, 1.82) is 0 Å². The Balaban J connectivity index is 1.58. The minimum atomic E-state index is -0.875. The van der Waals surface area contributed by atoms with Crippen LogP contribution in [-0.4, -0.2) is 17.9 Å². The van der Waals surface area contributed by atoms with Crippen LogP contribution >= 0.6 is 11.6 Å². The summed E-state index contributed by atoms with van der Waals surface area (Å²) < 4.78 is 0. The van der Waals surface area contributed by atoms with Crippen molar-refractivity contribution >= 4 is 34.8 Å². The van der Waals surface area contributed by atoms with Gasteiger partial charge in [-0.2, -0.15) is 0 Å². The number of hydroxylamine groups is 1. The first kappa shape index (κ1) is 18.9. The molecule has 0 spiro atoms. The Morgan fingerprint density at radius 3 is 2.13 bits per heavy atom. The van der Waals surface area contributed by atoms with E-state index in [1.807, 2.05) is 61.5 Å². The fraction of sp³-hybridized carbons (Fsp3) is 0.167. The number of benzene rings is 3. The summed E-state index contributed by atoms with van der Waals surface area (Å²) in [6.07, 6.45) is -0.875. The Morgan fingerprint density at radius 1 is 0.800 bits per heavy atom. The summed E-state index contributed by atoms with van der Waals surface area (Å²) >= 11 is 6.08. The highest BCUT2D eigenvalue weighted by Gasteiger charge is 2.60. The molecule has 3 unspecified atom stereocenters. The van der Waals surface area contributed by atoms with Crippen LogP contribution in [0.1, 0.15) is 17.2 Å². The highest BCUT2D eigenvalue weighted by Crippen LogP contribution is 2.47. The van der Waals surface area contributed by atoms with E-state index in [1.165, 1.54) is 4.90 Å². The van der Waals surface area contributed by atoms with Crippen molar-refractivity contribution in [3.63, 3.8) is 0 Å². The Labute approximate surface area is 179 Å². The zero-order valence-corrected chi connectivity index (χ0v) is 17.0. The van der Waals surface area contributed by atoms with Crippen molar-refractivity contribution < 1.29 is 14.4 Å². The fourth-order valence-corrected chi connectivity index (χ4v) is 4.29. The molecule has 2 aliphatic heterocycles. The summed E-state index contributed by atoms with van der Waals surface area (Å²) in [5, 5.41) is 2.29. The molecule has 6 heteroatoms. The van der Waals surface area contributed by atoms with Crippen LogP contribution in [0.5, 0.6) is 0 Å². The van der Waals surface area contributed by atoms with Crippen LogP contribution in [-0.2, 0) is 14.4 Å². The SMILES string of the molecule is Cc1ccc(N2C(=O)C3ON(c4ccccc4)C(c4ccc(Cl)cc4)C3C2=O)cc1. The molecule has 5 nitrogen and oxygen atoms in total. The number of hydrogen-bond acceptors (Lipinski definition) is 4. The van der Waals surface area contributed by atoms with Crippen molar-refractivity contribution in [2.45, 2.75) is 19.1 Å². The van der Waals surface area contributed by atoms with Crippen LogP contribution in [0, 0.1) is 12.8 Å². The van der Waals surface area contributed by atoms with Crippen molar-refractivity contribution in [3.05, 3.63) is 95.0 Å². The lowest BCUT2D eigenvalue weighted by Crippen LogP contribution is -2.37. The van der Waals surface area contributed by atoms with Gasteiger partial charge in [-0.3, -0.25) is 14.4 Å². The lowest BCUT2D eigenvalue weighted by Gasteiger charge is -2.28. The van der Waals surface area contributed by atoms with E-state index in [0.717, 1.165) is 16.8 Å². The molecule has 0 N–H and O–H groups in total. The molecule has 150 valence electrons. The molecule has 5 rings (SSSR count). The van der Waals surface area contributed by atoms with E-state index in [0.29, 0.717) is 10.7 Å². The predicted octanol–water partition coefficient (Wildman–Crippen LogP) is 4.70. The number of carbonyl (C=O) groups excluding carboxylic acids is 2. The van der Waals surface area contributed by atoms with Gasteiger partial charge in [-0.25, -0.2) is 9.96 Å². The molecular weight excluding hydrogens is 400 g/mol. The monoisotopic (exact) mass is 418 g/mol. The lowest BCUT2D eigenvalue weighted by molar-refractivity contribution is -0.126. The zero-order chi connectivity index (χ0) is 20.8. The summed E-state index contributed by atoms with van der Waals surface area (Å²) in [6.45, 7) is 1.96. The average Bonchev–Trinajstić information content (AvgIpc) is 3.27. The number of hydrogen-bond donors (Lipinski definition) is 0. The number of para-hydroxylation sites is 1. The van der Waals surface area contributed by atoms with E-state index in [-0.39, 0.29) is 11.8 Å². The first-order chi connectivity index (χ1) is 14.5. The number of halogens is 1. The predicted molar refractivity (Wildman–Crippen MR) is 115 cm³/mol. The van der Waals surface area contributed by atoms with Gasteiger partial charge < -0.3 is 0 Å². The maximum Gasteiger partial charge on any atom is 0.266 e. The summed E-state index contributed by atoms with van der Waals surface area (Å²) in [5.74, 6) is -1.25. The zero-order valence-electron chi connectivity index (χ0n) is 16.2. The number of anilines is 2. The number of amides is 2. The van der Waals surface area contributed by atoms with Crippen LogP contribution in [0.4, 0.5) is 11.4 Å². The summed E-state index contributed by atoms with van der Waals surface area (Å²) in [6, 6.07) is 23.7. The number of rotatable bonds is 3. The largest absolute Gasteiger partial charge is 0.273 e. The van der Waals surface area contributed by atoms with E-state index in [1.54, 1.807) is 29.3 Å². The number of aryl methyl sites for hydroxylation is 1. The molecule has 0 aromatic heterocycles. The molecule has 2 aliphatic rings. The van der Waals surface area contributed by atoms with Gasteiger partial charge in [-0.05, 0) is 48.9 Å². The lowest BCUT2D eigenvalue weighted by atomic mass is 9.90. The van der Waals surface area contributed by atoms with Crippen LogP contribution < -0.4 is 9.96 Å². The van der Waals surface area contributed by atoms with Gasteiger partial charge in [0, 0.05) is 5.02 Å². The third-order valence-electron chi connectivity index (χ3n) is 5.63. The number of carbonyl (C=O) groups is 2. The van der Waals surface area contributed by atoms with E-state index in [2.05, 4.69) is 0 Å². The second-order valence-electron chi connectivity index (χ2n) is 7.56. The Morgan fingerprint density at radius 2 is 1.47 bits per heavy atom. The molecule has 2 fully saturated rings. The molecule has 2 amide bonds. The first-order valence-corrected chi connectivity index (χ1v) is 10.1. The minimum absolute atomic E-state index is 0.257. The highest BCUT2D eigenvalue weighted by molar-refractivity contribution is 6.30. The van der Waals surface area contributed by atoms with Crippen LogP contribution in [0.3, 0.4) is 0 Å². The number of fused-ring (bicyclic) bond motifs is 1.